The van der Waals surface area contributed by atoms with E-state index >= 15 is 0 Å². The number of nitrogens with one attached hydrogen (secondary N) is 3. The number of aromatic nitrogens is 2. The molecule has 0 fully saturated rings. The lowest BCUT2D eigenvalue weighted by Crippen LogP contribution is -2.12. The molecule has 0 saturated heterocycles. The van der Waals surface area contributed by atoms with Gasteiger partial charge in [0.1, 0.15) is 0 Å². The fourth-order valence-electron chi connectivity index (χ4n) is 3.12. The molecule has 3 aromatic rings. The molecule has 4 rings (SSSR count). The van der Waals surface area contributed by atoms with Crippen LogP contribution >= 0.6 is 0 Å². The van der Waals surface area contributed by atoms with Crippen LogP contribution in [0.3, 0.4) is 0 Å². The van der Waals surface area contributed by atoms with Gasteiger partial charge in [0.15, 0.2) is 0 Å². The Hall–Kier alpha value is -3.74. The lowest BCUT2D eigenvalue weighted by molar-refractivity contribution is -0.115. The van der Waals surface area contributed by atoms with Crippen LogP contribution in [0, 0.1) is 13.8 Å². The molecule has 2 heterocycles. The zero-order chi connectivity index (χ0) is 19.7. The molecule has 0 spiro atoms. The van der Waals surface area contributed by atoms with E-state index in [4.69, 9.17) is 0 Å². The predicted octanol–water partition coefficient (Wildman–Crippen LogP) is 3.58. The number of nitrogens with zero attached hydrogens (tertiary/aromatic N) is 2. The monoisotopic (exact) mass is 373 g/mol. The van der Waals surface area contributed by atoms with Gasteiger partial charge in [-0.25, -0.2) is 9.97 Å². The Labute approximate surface area is 162 Å². The summed E-state index contributed by atoms with van der Waals surface area (Å²) in [6.07, 6.45) is 0.303. The number of hydrogen-bond donors (Lipinski definition) is 3. The number of hydrogen-bond acceptors (Lipinski definition) is 5. The van der Waals surface area contributed by atoms with Gasteiger partial charge in [-0.1, -0.05) is 0 Å². The molecule has 1 aliphatic heterocycles. The number of amides is 2. The van der Waals surface area contributed by atoms with E-state index in [1.807, 2.05) is 32.0 Å². The fourth-order valence-corrected chi connectivity index (χ4v) is 3.12. The van der Waals surface area contributed by atoms with Gasteiger partial charge in [0.25, 0.3) is 5.91 Å². The zero-order valence-electron chi connectivity index (χ0n) is 15.5. The molecule has 0 unspecified atom stereocenters. The number of rotatable bonds is 4. The third kappa shape index (κ3) is 3.83. The number of fused-ring (bicyclic) bond motifs is 1. The van der Waals surface area contributed by atoms with Gasteiger partial charge >= 0.3 is 0 Å². The highest BCUT2D eigenvalue weighted by atomic mass is 16.2. The van der Waals surface area contributed by atoms with Gasteiger partial charge in [-0.2, -0.15) is 0 Å². The van der Waals surface area contributed by atoms with Crippen molar-refractivity contribution in [3.05, 3.63) is 71.0 Å². The number of carbonyl (C=O) groups excluding carboxylic acids is 2. The Balaban J connectivity index is 1.44. The highest BCUT2D eigenvalue weighted by molar-refractivity contribution is 6.06. The number of benzene rings is 2. The second-order valence-corrected chi connectivity index (χ2v) is 6.73. The average Bonchev–Trinajstić information content (AvgIpc) is 3.01. The molecule has 1 aromatic heterocycles. The molecule has 7 nitrogen and oxygen atoms in total. The summed E-state index contributed by atoms with van der Waals surface area (Å²) in [7, 11) is 0. The van der Waals surface area contributed by atoms with Crippen LogP contribution in [-0.2, 0) is 11.2 Å². The second-order valence-electron chi connectivity index (χ2n) is 6.73. The van der Waals surface area contributed by atoms with E-state index in [0.29, 0.717) is 23.6 Å². The quantitative estimate of drug-likeness (QED) is 0.650. The molecule has 0 aliphatic carbocycles. The van der Waals surface area contributed by atoms with E-state index in [0.717, 1.165) is 28.3 Å². The summed E-state index contributed by atoms with van der Waals surface area (Å²) < 4.78 is 0. The molecule has 0 atom stereocenters. The van der Waals surface area contributed by atoms with E-state index in [9.17, 15) is 9.59 Å². The first-order valence-electron chi connectivity index (χ1n) is 8.90. The fraction of sp³-hybridized carbons (Fsp3) is 0.143. The summed E-state index contributed by atoms with van der Waals surface area (Å²) in [6.45, 7) is 3.84. The van der Waals surface area contributed by atoms with Crippen molar-refractivity contribution >= 4 is 34.8 Å². The van der Waals surface area contributed by atoms with E-state index in [1.165, 1.54) is 0 Å². The Bertz CT molecular complexity index is 1060. The van der Waals surface area contributed by atoms with Crippen LogP contribution < -0.4 is 16.0 Å². The van der Waals surface area contributed by atoms with Crippen LogP contribution in [0.4, 0.5) is 23.0 Å². The molecule has 0 bridgehead atoms. The predicted molar refractivity (Wildman–Crippen MR) is 108 cm³/mol. The van der Waals surface area contributed by atoms with Crippen LogP contribution in [-0.4, -0.2) is 21.8 Å². The number of anilines is 4. The van der Waals surface area contributed by atoms with E-state index < -0.39 is 0 Å². The van der Waals surface area contributed by atoms with E-state index in [1.54, 1.807) is 30.3 Å². The molecule has 140 valence electrons. The Morgan fingerprint density at radius 1 is 0.964 bits per heavy atom. The van der Waals surface area contributed by atoms with Crippen LogP contribution in [0.1, 0.15) is 27.3 Å². The van der Waals surface area contributed by atoms with Crippen LogP contribution in [0.25, 0.3) is 0 Å². The van der Waals surface area contributed by atoms with Crippen LogP contribution in [0.2, 0.25) is 0 Å². The zero-order valence-corrected chi connectivity index (χ0v) is 15.5. The minimum atomic E-state index is -0.222. The molecule has 1 aliphatic rings. The van der Waals surface area contributed by atoms with Gasteiger partial charge in [-0.05, 0) is 67.9 Å². The maximum absolute atomic E-state index is 12.5. The Kier molecular flexibility index (Phi) is 4.49. The van der Waals surface area contributed by atoms with Crippen molar-refractivity contribution in [3.8, 4) is 0 Å². The first-order valence-corrected chi connectivity index (χ1v) is 8.90. The van der Waals surface area contributed by atoms with Crippen molar-refractivity contribution < 1.29 is 9.59 Å². The molecule has 2 amide bonds. The average molecular weight is 373 g/mol. The molecule has 7 heteroatoms. The first kappa shape index (κ1) is 17.7. The Morgan fingerprint density at radius 2 is 1.64 bits per heavy atom. The van der Waals surface area contributed by atoms with Gasteiger partial charge in [-0.3, -0.25) is 9.59 Å². The van der Waals surface area contributed by atoms with Crippen molar-refractivity contribution in [1.29, 1.82) is 0 Å². The Morgan fingerprint density at radius 3 is 2.36 bits per heavy atom. The standard InChI is InChI=1S/C21H19N5O2/c1-12-9-13(2)23-21(22-12)25-17-6-4-16(5-7-17)24-20(28)14-3-8-18-15(10-14)11-19(27)26-18/h3-10H,11H2,1-2H3,(H,24,28)(H,26,27)(H,22,23,25). The smallest absolute Gasteiger partial charge is 0.255 e. The molecular formula is C21H19N5O2. The topological polar surface area (TPSA) is 96.0 Å². The number of aryl methyl sites for hydroxylation is 2. The molecule has 3 N–H and O–H groups in total. The normalized spacial score (nSPS) is 12.3. The van der Waals surface area contributed by atoms with Crippen molar-refractivity contribution in [2.75, 3.05) is 16.0 Å². The third-order valence-electron chi connectivity index (χ3n) is 4.37. The summed E-state index contributed by atoms with van der Waals surface area (Å²) in [5.74, 6) is 0.263. The molecule has 2 aromatic carbocycles. The van der Waals surface area contributed by atoms with Gasteiger partial charge in [0, 0.05) is 34.0 Å². The summed E-state index contributed by atoms with van der Waals surface area (Å²) >= 11 is 0. The lowest BCUT2D eigenvalue weighted by Gasteiger charge is -2.09. The minimum Gasteiger partial charge on any atom is -0.326 e. The SMILES string of the molecule is Cc1cc(C)nc(Nc2ccc(NC(=O)c3ccc4c(c3)CC(=O)N4)cc2)n1. The summed E-state index contributed by atoms with van der Waals surface area (Å²) in [4.78, 5) is 32.6. The van der Waals surface area contributed by atoms with Gasteiger partial charge < -0.3 is 16.0 Å². The van der Waals surface area contributed by atoms with E-state index in [2.05, 4.69) is 25.9 Å². The van der Waals surface area contributed by atoms with Crippen molar-refractivity contribution in [3.63, 3.8) is 0 Å². The highest BCUT2D eigenvalue weighted by Crippen LogP contribution is 2.24. The molecule has 0 radical (unpaired) electrons. The maximum atomic E-state index is 12.5. The summed E-state index contributed by atoms with van der Waals surface area (Å²) in [5, 5.41) is 8.78. The third-order valence-corrected chi connectivity index (χ3v) is 4.37. The second kappa shape index (κ2) is 7.11. The highest BCUT2D eigenvalue weighted by Gasteiger charge is 2.19. The first-order chi connectivity index (χ1) is 13.5. The largest absolute Gasteiger partial charge is 0.326 e. The van der Waals surface area contributed by atoms with Crippen molar-refractivity contribution in [1.82, 2.24) is 9.97 Å². The van der Waals surface area contributed by atoms with Crippen molar-refractivity contribution in [2.24, 2.45) is 0 Å². The van der Waals surface area contributed by atoms with E-state index in [-0.39, 0.29) is 11.8 Å². The van der Waals surface area contributed by atoms with Gasteiger partial charge in [0.2, 0.25) is 11.9 Å². The van der Waals surface area contributed by atoms with Crippen LogP contribution in [0.15, 0.2) is 48.5 Å². The molecule has 0 saturated carbocycles. The lowest BCUT2D eigenvalue weighted by atomic mass is 10.1. The summed E-state index contributed by atoms with van der Waals surface area (Å²) in [5.41, 5.74) is 5.41. The summed E-state index contributed by atoms with van der Waals surface area (Å²) in [6, 6.07) is 14.4. The van der Waals surface area contributed by atoms with Crippen molar-refractivity contribution in [2.45, 2.75) is 20.3 Å². The van der Waals surface area contributed by atoms with Crippen LogP contribution in [0.5, 0.6) is 0 Å². The minimum absolute atomic E-state index is 0.0524. The molecule has 28 heavy (non-hydrogen) atoms. The molecular weight excluding hydrogens is 354 g/mol. The van der Waals surface area contributed by atoms with Gasteiger partial charge in [0.05, 0.1) is 6.42 Å². The number of carbonyl (C=O) groups is 2. The van der Waals surface area contributed by atoms with Gasteiger partial charge in [-0.15, -0.1) is 0 Å². The maximum Gasteiger partial charge on any atom is 0.255 e.